The van der Waals surface area contributed by atoms with Crippen LogP contribution in [0.4, 0.5) is 0 Å². The lowest BCUT2D eigenvalue weighted by Gasteiger charge is -2.06. The molecule has 2 heterocycles. The summed E-state index contributed by atoms with van der Waals surface area (Å²) in [6.07, 6.45) is 1.81. The molecular weight excluding hydrogens is 320 g/mol. The number of hydrogen-bond acceptors (Lipinski definition) is 5. The van der Waals surface area contributed by atoms with Crippen LogP contribution in [0.2, 0.25) is 0 Å². The second-order valence-corrected chi connectivity index (χ2v) is 7.60. The monoisotopic (exact) mass is 342 g/mol. The van der Waals surface area contributed by atoms with E-state index in [1.165, 1.54) is 4.88 Å². The molecule has 0 saturated carbocycles. The third-order valence-corrected chi connectivity index (χ3v) is 5.01. The van der Waals surface area contributed by atoms with E-state index in [1.807, 2.05) is 32.0 Å². The first-order valence-electron chi connectivity index (χ1n) is 8.23. The van der Waals surface area contributed by atoms with E-state index >= 15 is 0 Å². The van der Waals surface area contributed by atoms with E-state index in [0.717, 1.165) is 34.4 Å². The van der Waals surface area contributed by atoms with Crippen LogP contribution in [0.25, 0.3) is 22.2 Å². The number of aromatic nitrogens is 2. The van der Waals surface area contributed by atoms with Gasteiger partial charge in [0.1, 0.15) is 5.75 Å². The topological polar surface area (TPSA) is 59.2 Å². The maximum absolute atomic E-state index is 10.1. The number of hydrogen-bond donors (Lipinski definition) is 1. The molecule has 0 unspecified atom stereocenters. The molecule has 1 aromatic carbocycles. The van der Waals surface area contributed by atoms with Gasteiger partial charge in [0.2, 0.25) is 5.89 Å². The van der Waals surface area contributed by atoms with Gasteiger partial charge in [-0.15, -0.1) is 21.5 Å². The normalized spacial score (nSPS) is 11.4. The molecule has 2 aromatic heterocycles. The predicted molar refractivity (Wildman–Crippen MR) is 97.4 cm³/mol. The van der Waals surface area contributed by atoms with Crippen LogP contribution in [0.5, 0.6) is 5.75 Å². The molecular formula is C19H22N2O2S. The van der Waals surface area contributed by atoms with Crippen molar-refractivity contribution in [3.05, 3.63) is 40.3 Å². The second-order valence-electron chi connectivity index (χ2n) is 6.43. The van der Waals surface area contributed by atoms with Crippen LogP contribution in [0.1, 0.15) is 36.8 Å². The fourth-order valence-electron chi connectivity index (χ4n) is 2.69. The summed E-state index contributed by atoms with van der Waals surface area (Å²) in [5.74, 6) is 2.01. The van der Waals surface area contributed by atoms with Gasteiger partial charge in [0.25, 0.3) is 5.89 Å². The smallest absolute Gasteiger partial charge is 0.258 e. The Bertz CT molecular complexity index is 849. The first-order valence-corrected chi connectivity index (χ1v) is 9.05. The van der Waals surface area contributed by atoms with Crippen LogP contribution in [0, 0.1) is 12.8 Å². The zero-order valence-corrected chi connectivity index (χ0v) is 15.3. The summed E-state index contributed by atoms with van der Waals surface area (Å²) in [7, 11) is 0. The molecule has 126 valence electrons. The highest BCUT2D eigenvalue weighted by Crippen LogP contribution is 2.33. The van der Waals surface area contributed by atoms with Gasteiger partial charge in [0, 0.05) is 10.4 Å². The van der Waals surface area contributed by atoms with E-state index < -0.39 is 0 Å². The highest BCUT2D eigenvalue weighted by molar-refractivity contribution is 7.15. The van der Waals surface area contributed by atoms with Gasteiger partial charge < -0.3 is 9.52 Å². The molecule has 0 amide bonds. The molecule has 5 heteroatoms. The molecule has 0 atom stereocenters. The molecule has 0 aliphatic carbocycles. The third kappa shape index (κ3) is 3.36. The molecule has 4 nitrogen and oxygen atoms in total. The summed E-state index contributed by atoms with van der Waals surface area (Å²) in [4.78, 5) is 2.32. The van der Waals surface area contributed by atoms with Gasteiger partial charge in [-0.25, -0.2) is 0 Å². The predicted octanol–water partition coefficient (Wildman–Crippen LogP) is 5.24. The van der Waals surface area contributed by atoms with Gasteiger partial charge >= 0.3 is 0 Å². The van der Waals surface area contributed by atoms with Crippen LogP contribution in [0.3, 0.4) is 0 Å². The van der Waals surface area contributed by atoms with Gasteiger partial charge in [-0.2, -0.15) is 0 Å². The summed E-state index contributed by atoms with van der Waals surface area (Å²) in [6, 6.07) is 7.96. The number of rotatable bonds is 5. The van der Waals surface area contributed by atoms with Gasteiger partial charge in [-0.1, -0.05) is 20.8 Å². The van der Waals surface area contributed by atoms with E-state index in [4.69, 9.17) is 4.42 Å². The quantitative estimate of drug-likeness (QED) is 0.689. The molecule has 24 heavy (non-hydrogen) atoms. The summed E-state index contributed by atoms with van der Waals surface area (Å²) >= 11 is 1.70. The van der Waals surface area contributed by atoms with Crippen molar-refractivity contribution in [2.45, 2.75) is 40.5 Å². The van der Waals surface area contributed by atoms with Crippen LogP contribution in [-0.2, 0) is 12.8 Å². The van der Waals surface area contributed by atoms with Crippen LogP contribution >= 0.6 is 11.3 Å². The fraction of sp³-hybridized carbons (Fsp3) is 0.368. The number of thiophene rings is 1. The number of phenolic OH excluding ortho intramolecular Hbond substituents is 1. The summed E-state index contributed by atoms with van der Waals surface area (Å²) in [6.45, 7) is 8.32. The Kier molecular flexibility index (Phi) is 4.71. The minimum absolute atomic E-state index is 0.345. The average Bonchev–Trinajstić information content (AvgIpc) is 3.18. The van der Waals surface area contributed by atoms with E-state index in [0.29, 0.717) is 23.4 Å². The van der Waals surface area contributed by atoms with Gasteiger partial charge in [0.15, 0.2) is 0 Å². The Balaban J connectivity index is 1.91. The standard InChI is InChI=1S/C19H22N2O2S/c1-5-13-10-14(9-12(4)17(13)22)18-20-21-19(23-18)16-7-6-15(24-16)8-11(2)3/h6-7,9-11,22H,5,8H2,1-4H3. The first-order chi connectivity index (χ1) is 11.5. The number of nitrogens with zero attached hydrogens (tertiary/aromatic N) is 2. The lowest BCUT2D eigenvalue weighted by atomic mass is 10.0. The molecule has 3 rings (SSSR count). The van der Waals surface area contributed by atoms with Crippen molar-refractivity contribution in [1.82, 2.24) is 10.2 Å². The molecule has 1 N–H and O–H groups in total. The van der Waals surface area contributed by atoms with Gasteiger partial charge in [-0.3, -0.25) is 0 Å². The van der Waals surface area contributed by atoms with Crippen LogP contribution in [-0.4, -0.2) is 15.3 Å². The molecule has 3 aromatic rings. The van der Waals surface area contributed by atoms with Crippen molar-refractivity contribution in [3.63, 3.8) is 0 Å². The van der Waals surface area contributed by atoms with E-state index in [2.05, 4.69) is 30.1 Å². The number of aryl methyl sites for hydroxylation is 2. The summed E-state index contributed by atoms with van der Waals surface area (Å²) in [5.41, 5.74) is 2.55. The highest BCUT2D eigenvalue weighted by Gasteiger charge is 2.15. The molecule has 0 saturated heterocycles. The van der Waals surface area contributed by atoms with Crippen molar-refractivity contribution >= 4 is 11.3 Å². The third-order valence-electron chi connectivity index (χ3n) is 3.91. The lowest BCUT2D eigenvalue weighted by Crippen LogP contribution is -1.89. The number of aromatic hydroxyl groups is 1. The first kappa shape index (κ1) is 16.7. The van der Waals surface area contributed by atoms with Crippen molar-refractivity contribution in [2.24, 2.45) is 5.92 Å². The van der Waals surface area contributed by atoms with Crippen LogP contribution in [0.15, 0.2) is 28.7 Å². The molecule has 0 aliphatic rings. The Labute approximate surface area is 146 Å². The maximum Gasteiger partial charge on any atom is 0.258 e. The van der Waals surface area contributed by atoms with E-state index in [1.54, 1.807) is 11.3 Å². The molecule has 0 radical (unpaired) electrons. The molecule has 0 aliphatic heterocycles. The molecule has 0 bridgehead atoms. The van der Waals surface area contributed by atoms with Crippen molar-refractivity contribution in [2.75, 3.05) is 0 Å². The van der Waals surface area contributed by atoms with Gasteiger partial charge in [-0.05, 0) is 61.1 Å². The Morgan fingerprint density at radius 3 is 2.62 bits per heavy atom. The zero-order valence-electron chi connectivity index (χ0n) is 14.5. The fourth-order valence-corrected chi connectivity index (χ4v) is 3.83. The van der Waals surface area contributed by atoms with Crippen molar-refractivity contribution in [1.29, 1.82) is 0 Å². The van der Waals surface area contributed by atoms with Crippen LogP contribution < -0.4 is 0 Å². The second kappa shape index (κ2) is 6.77. The summed E-state index contributed by atoms with van der Waals surface area (Å²) in [5, 5.41) is 18.4. The minimum Gasteiger partial charge on any atom is -0.507 e. The largest absolute Gasteiger partial charge is 0.507 e. The van der Waals surface area contributed by atoms with Gasteiger partial charge in [0.05, 0.1) is 4.88 Å². The maximum atomic E-state index is 10.1. The lowest BCUT2D eigenvalue weighted by molar-refractivity contribution is 0.464. The number of phenols is 1. The Morgan fingerprint density at radius 1 is 1.17 bits per heavy atom. The minimum atomic E-state index is 0.345. The van der Waals surface area contributed by atoms with Crippen molar-refractivity contribution < 1.29 is 9.52 Å². The SMILES string of the molecule is CCc1cc(-c2nnc(-c3ccc(CC(C)C)s3)o2)cc(C)c1O. The van der Waals surface area contributed by atoms with Crippen molar-refractivity contribution in [3.8, 4) is 28.0 Å². The van der Waals surface area contributed by atoms with E-state index in [-0.39, 0.29) is 0 Å². The Hall–Kier alpha value is -2.14. The zero-order chi connectivity index (χ0) is 17.3. The average molecular weight is 342 g/mol. The Morgan fingerprint density at radius 2 is 1.92 bits per heavy atom. The van der Waals surface area contributed by atoms with E-state index in [9.17, 15) is 5.11 Å². The highest BCUT2D eigenvalue weighted by atomic mass is 32.1. The number of benzene rings is 1. The molecule has 0 spiro atoms. The molecule has 0 fully saturated rings. The summed E-state index contributed by atoms with van der Waals surface area (Å²) < 4.78 is 5.87.